The van der Waals surface area contributed by atoms with Crippen molar-refractivity contribution < 1.29 is 9.53 Å². The number of nitrogens with zero attached hydrogens (tertiary/aromatic N) is 3. The molecule has 5 nitrogen and oxygen atoms in total. The SMILES string of the molecule is CN(C(=O)C1CC(OCc2ccccc2)C1)c1ccn(C)n1. The van der Waals surface area contributed by atoms with Gasteiger partial charge in [0.15, 0.2) is 5.82 Å². The number of amides is 1. The molecular weight excluding hydrogens is 278 g/mol. The summed E-state index contributed by atoms with van der Waals surface area (Å²) in [7, 11) is 3.63. The molecule has 1 aromatic carbocycles. The Balaban J connectivity index is 1.45. The van der Waals surface area contributed by atoms with Crippen molar-refractivity contribution in [3.63, 3.8) is 0 Å². The molecule has 1 aliphatic rings. The largest absolute Gasteiger partial charge is 0.373 e. The summed E-state index contributed by atoms with van der Waals surface area (Å²) in [5, 5.41) is 4.26. The predicted molar refractivity (Wildman–Crippen MR) is 84.4 cm³/mol. The van der Waals surface area contributed by atoms with Gasteiger partial charge in [-0.15, -0.1) is 0 Å². The summed E-state index contributed by atoms with van der Waals surface area (Å²) in [4.78, 5) is 14.0. The molecule has 1 fully saturated rings. The Morgan fingerprint density at radius 3 is 2.68 bits per heavy atom. The number of aryl methyl sites for hydroxylation is 1. The highest BCUT2D eigenvalue weighted by atomic mass is 16.5. The van der Waals surface area contributed by atoms with E-state index in [4.69, 9.17) is 4.74 Å². The summed E-state index contributed by atoms with van der Waals surface area (Å²) in [6.07, 6.45) is 3.61. The average Bonchev–Trinajstić information content (AvgIpc) is 2.92. The van der Waals surface area contributed by atoms with E-state index in [0.717, 1.165) is 12.8 Å². The molecule has 0 atom stereocenters. The second-order valence-corrected chi connectivity index (χ2v) is 5.83. The summed E-state index contributed by atoms with van der Waals surface area (Å²) in [6, 6.07) is 12.0. The first-order chi connectivity index (χ1) is 10.6. The Labute approximate surface area is 130 Å². The monoisotopic (exact) mass is 299 g/mol. The maximum Gasteiger partial charge on any atom is 0.231 e. The van der Waals surface area contributed by atoms with E-state index in [-0.39, 0.29) is 17.9 Å². The molecule has 22 heavy (non-hydrogen) atoms. The fourth-order valence-corrected chi connectivity index (χ4v) is 2.66. The smallest absolute Gasteiger partial charge is 0.231 e. The van der Waals surface area contributed by atoms with Gasteiger partial charge in [0.2, 0.25) is 5.91 Å². The molecule has 0 aliphatic heterocycles. The van der Waals surface area contributed by atoms with Crippen LogP contribution in [0.5, 0.6) is 0 Å². The Bertz CT molecular complexity index is 632. The van der Waals surface area contributed by atoms with E-state index in [2.05, 4.69) is 17.2 Å². The molecule has 2 aromatic rings. The number of aromatic nitrogens is 2. The Morgan fingerprint density at radius 1 is 1.32 bits per heavy atom. The lowest BCUT2D eigenvalue weighted by atomic mass is 9.81. The van der Waals surface area contributed by atoms with Crippen molar-refractivity contribution in [1.82, 2.24) is 9.78 Å². The Kier molecular flexibility index (Phi) is 4.24. The van der Waals surface area contributed by atoms with Crippen LogP contribution in [0.2, 0.25) is 0 Å². The van der Waals surface area contributed by atoms with Crippen LogP contribution in [0.25, 0.3) is 0 Å². The molecule has 5 heteroatoms. The molecule has 116 valence electrons. The minimum absolute atomic E-state index is 0.0489. The number of hydrogen-bond acceptors (Lipinski definition) is 3. The quantitative estimate of drug-likeness (QED) is 0.851. The van der Waals surface area contributed by atoms with Gasteiger partial charge in [0.05, 0.1) is 12.7 Å². The first kappa shape index (κ1) is 14.8. The third kappa shape index (κ3) is 3.20. The topological polar surface area (TPSA) is 47.4 Å². The third-order valence-electron chi connectivity index (χ3n) is 4.15. The van der Waals surface area contributed by atoms with Crippen molar-refractivity contribution >= 4 is 11.7 Å². The molecule has 1 saturated carbocycles. The van der Waals surface area contributed by atoms with E-state index in [1.807, 2.05) is 37.5 Å². The third-order valence-corrected chi connectivity index (χ3v) is 4.15. The van der Waals surface area contributed by atoms with E-state index in [0.29, 0.717) is 12.4 Å². The highest BCUT2D eigenvalue weighted by Crippen LogP contribution is 2.32. The van der Waals surface area contributed by atoms with E-state index < -0.39 is 0 Å². The molecule has 1 amide bonds. The normalized spacial score (nSPS) is 20.5. The Morgan fingerprint density at radius 2 is 2.05 bits per heavy atom. The van der Waals surface area contributed by atoms with Gasteiger partial charge in [0.25, 0.3) is 0 Å². The zero-order chi connectivity index (χ0) is 15.5. The average molecular weight is 299 g/mol. The fraction of sp³-hybridized carbons (Fsp3) is 0.412. The minimum Gasteiger partial charge on any atom is -0.373 e. The van der Waals surface area contributed by atoms with Crippen molar-refractivity contribution in [2.75, 3.05) is 11.9 Å². The molecule has 1 aromatic heterocycles. The maximum absolute atomic E-state index is 12.4. The van der Waals surface area contributed by atoms with Crippen LogP contribution in [0.3, 0.4) is 0 Å². The molecule has 0 spiro atoms. The number of rotatable bonds is 5. The second kappa shape index (κ2) is 6.32. The number of hydrogen-bond donors (Lipinski definition) is 0. The minimum atomic E-state index is 0.0489. The number of benzene rings is 1. The van der Waals surface area contributed by atoms with Gasteiger partial charge < -0.3 is 4.74 Å². The standard InChI is InChI=1S/C17H21N3O2/c1-19-9-8-16(18-19)20(2)17(21)14-10-15(11-14)22-12-13-6-4-3-5-7-13/h3-9,14-15H,10-12H2,1-2H3. The Hall–Kier alpha value is -2.14. The molecule has 0 N–H and O–H groups in total. The molecular formula is C17H21N3O2. The van der Waals surface area contributed by atoms with Crippen LogP contribution in [0.1, 0.15) is 18.4 Å². The van der Waals surface area contributed by atoms with E-state index in [1.54, 1.807) is 16.6 Å². The van der Waals surface area contributed by atoms with Crippen molar-refractivity contribution in [3.05, 3.63) is 48.2 Å². The van der Waals surface area contributed by atoms with Crippen molar-refractivity contribution in [2.24, 2.45) is 13.0 Å². The van der Waals surface area contributed by atoms with Crippen LogP contribution < -0.4 is 4.90 Å². The van der Waals surface area contributed by atoms with Gasteiger partial charge in [0, 0.05) is 32.3 Å². The van der Waals surface area contributed by atoms with Gasteiger partial charge in [-0.1, -0.05) is 30.3 Å². The molecule has 1 aliphatic carbocycles. The number of anilines is 1. The number of ether oxygens (including phenoxy) is 1. The van der Waals surface area contributed by atoms with Gasteiger partial charge in [-0.25, -0.2) is 0 Å². The second-order valence-electron chi connectivity index (χ2n) is 5.83. The maximum atomic E-state index is 12.4. The lowest BCUT2D eigenvalue weighted by Gasteiger charge is -2.35. The highest BCUT2D eigenvalue weighted by molar-refractivity contribution is 5.94. The summed E-state index contributed by atoms with van der Waals surface area (Å²) in [5.74, 6) is 0.868. The van der Waals surface area contributed by atoms with Crippen LogP contribution in [-0.4, -0.2) is 28.8 Å². The van der Waals surface area contributed by atoms with Gasteiger partial charge in [-0.05, 0) is 18.4 Å². The van der Waals surface area contributed by atoms with Crippen molar-refractivity contribution in [1.29, 1.82) is 0 Å². The highest BCUT2D eigenvalue weighted by Gasteiger charge is 2.37. The van der Waals surface area contributed by atoms with Crippen LogP contribution in [-0.2, 0) is 23.2 Å². The molecule has 0 unspecified atom stereocenters. The van der Waals surface area contributed by atoms with Gasteiger partial charge in [0.1, 0.15) is 0 Å². The summed E-state index contributed by atoms with van der Waals surface area (Å²) in [5.41, 5.74) is 1.17. The summed E-state index contributed by atoms with van der Waals surface area (Å²) < 4.78 is 7.54. The van der Waals surface area contributed by atoms with E-state index in [9.17, 15) is 4.79 Å². The number of carbonyl (C=O) groups excluding carboxylic acids is 1. The van der Waals surface area contributed by atoms with Crippen molar-refractivity contribution in [2.45, 2.75) is 25.6 Å². The van der Waals surface area contributed by atoms with E-state index >= 15 is 0 Å². The lowest BCUT2D eigenvalue weighted by molar-refractivity contribution is -0.131. The van der Waals surface area contributed by atoms with Crippen LogP contribution >= 0.6 is 0 Å². The number of carbonyl (C=O) groups is 1. The zero-order valence-electron chi connectivity index (χ0n) is 13.0. The predicted octanol–water partition coefficient (Wildman–Crippen LogP) is 2.38. The van der Waals surface area contributed by atoms with Gasteiger partial charge >= 0.3 is 0 Å². The van der Waals surface area contributed by atoms with Crippen LogP contribution in [0.4, 0.5) is 5.82 Å². The van der Waals surface area contributed by atoms with Gasteiger partial charge in [-0.2, -0.15) is 5.10 Å². The first-order valence-electron chi connectivity index (χ1n) is 7.56. The fourth-order valence-electron chi connectivity index (χ4n) is 2.66. The van der Waals surface area contributed by atoms with Gasteiger partial charge in [-0.3, -0.25) is 14.4 Å². The van der Waals surface area contributed by atoms with Crippen LogP contribution in [0.15, 0.2) is 42.6 Å². The molecule has 0 saturated heterocycles. The molecule has 3 rings (SSSR count). The lowest BCUT2D eigenvalue weighted by Crippen LogP contribution is -2.43. The zero-order valence-corrected chi connectivity index (χ0v) is 13.0. The van der Waals surface area contributed by atoms with E-state index in [1.165, 1.54) is 5.56 Å². The summed E-state index contributed by atoms with van der Waals surface area (Å²) in [6.45, 7) is 0.614. The van der Waals surface area contributed by atoms with Crippen molar-refractivity contribution in [3.8, 4) is 0 Å². The molecule has 0 bridgehead atoms. The van der Waals surface area contributed by atoms with Crippen LogP contribution in [0, 0.1) is 5.92 Å². The molecule has 0 radical (unpaired) electrons. The molecule has 1 heterocycles. The first-order valence-corrected chi connectivity index (χ1v) is 7.56. The summed E-state index contributed by atoms with van der Waals surface area (Å²) >= 11 is 0.